The van der Waals surface area contributed by atoms with Crippen LogP contribution in [0.3, 0.4) is 0 Å². The van der Waals surface area contributed by atoms with Crippen LogP contribution >= 0.6 is 0 Å². The first-order valence-electron chi connectivity index (χ1n) is 9.05. The van der Waals surface area contributed by atoms with Gasteiger partial charge in [-0.05, 0) is 45.3 Å². The van der Waals surface area contributed by atoms with E-state index in [9.17, 15) is 14.0 Å². The molecule has 1 heterocycles. The van der Waals surface area contributed by atoms with Gasteiger partial charge in [0, 0.05) is 24.6 Å². The number of nitrogens with one attached hydrogen (secondary N) is 2. The van der Waals surface area contributed by atoms with Crippen molar-refractivity contribution in [3.63, 3.8) is 0 Å². The van der Waals surface area contributed by atoms with Crippen molar-refractivity contribution in [2.75, 3.05) is 19.6 Å². The third-order valence-corrected chi connectivity index (χ3v) is 4.79. The predicted molar refractivity (Wildman–Crippen MR) is 95.3 cm³/mol. The number of nitrogens with zero attached hydrogens (tertiary/aromatic N) is 1. The minimum absolute atomic E-state index is 0.0384. The van der Waals surface area contributed by atoms with Crippen LogP contribution in [0.5, 0.6) is 0 Å². The maximum Gasteiger partial charge on any atom is 0.237 e. The average Bonchev–Trinajstić information content (AvgIpc) is 2.64. The van der Waals surface area contributed by atoms with Crippen molar-refractivity contribution < 1.29 is 14.0 Å². The highest BCUT2D eigenvalue weighted by Crippen LogP contribution is 2.19. The summed E-state index contributed by atoms with van der Waals surface area (Å²) in [6.07, 6.45) is 2.46. The lowest BCUT2D eigenvalue weighted by Crippen LogP contribution is -2.49. The van der Waals surface area contributed by atoms with E-state index in [0.717, 1.165) is 32.4 Å². The van der Waals surface area contributed by atoms with Crippen molar-refractivity contribution in [3.8, 4) is 0 Å². The fraction of sp³-hybridized carbons (Fsp3) is 0.579. The predicted octanol–water partition coefficient (Wildman–Crippen LogP) is 2.07. The van der Waals surface area contributed by atoms with Crippen molar-refractivity contribution in [1.29, 1.82) is 0 Å². The zero-order valence-electron chi connectivity index (χ0n) is 15.1. The molecular weight excluding hydrogens is 321 g/mol. The van der Waals surface area contributed by atoms with Crippen LogP contribution in [0, 0.1) is 11.7 Å². The molecule has 5 nitrogen and oxygen atoms in total. The van der Waals surface area contributed by atoms with E-state index in [4.69, 9.17) is 0 Å². The largest absolute Gasteiger partial charge is 0.356 e. The summed E-state index contributed by atoms with van der Waals surface area (Å²) in [6.45, 7) is 6.23. The minimum atomic E-state index is -0.311. The minimum Gasteiger partial charge on any atom is -0.356 e. The Morgan fingerprint density at radius 1 is 1.24 bits per heavy atom. The highest BCUT2D eigenvalue weighted by Gasteiger charge is 2.29. The summed E-state index contributed by atoms with van der Waals surface area (Å²) in [4.78, 5) is 26.4. The van der Waals surface area contributed by atoms with Gasteiger partial charge < -0.3 is 10.6 Å². The molecule has 0 aliphatic carbocycles. The third-order valence-electron chi connectivity index (χ3n) is 4.79. The molecule has 138 valence electrons. The molecule has 2 N–H and O–H groups in total. The molecule has 0 radical (unpaired) electrons. The smallest absolute Gasteiger partial charge is 0.237 e. The zero-order chi connectivity index (χ0) is 18.2. The molecule has 1 aromatic carbocycles. The highest BCUT2D eigenvalue weighted by atomic mass is 19.1. The molecule has 0 bridgehead atoms. The molecule has 1 aromatic rings. The molecule has 25 heavy (non-hydrogen) atoms. The average molecular weight is 349 g/mol. The van der Waals surface area contributed by atoms with E-state index in [2.05, 4.69) is 15.5 Å². The van der Waals surface area contributed by atoms with Crippen LogP contribution in [0.25, 0.3) is 0 Å². The molecule has 1 saturated heterocycles. The van der Waals surface area contributed by atoms with Crippen molar-refractivity contribution >= 4 is 11.8 Å². The van der Waals surface area contributed by atoms with E-state index in [-0.39, 0.29) is 36.1 Å². The summed E-state index contributed by atoms with van der Waals surface area (Å²) in [6, 6.07) is 6.15. The SMILES string of the molecule is CCCNC(=O)C1CCN(C(C)C(=O)NCc2ccccc2F)CC1. The maximum atomic E-state index is 13.6. The monoisotopic (exact) mass is 349 g/mol. The van der Waals surface area contributed by atoms with E-state index in [0.29, 0.717) is 12.1 Å². The van der Waals surface area contributed by atoms with Crippen molar-refractivity contribution in [3.05, 3.63) is 35.6 Å². The summed E-state index contributed by atoms with van der Waals surface area (Å²) in [5.41, 5.74) is 0.481. The van der Waals surface area contributed by atoms with Gasteiger partial charge in [0.2, 0.25) is 11.8 Å². The van der Waals surface area contributed by atoms with Crippen LogP contribution in [-0.4, -0.2) is 42.4 Å². The maximum absolute atomic E-state index is 13.6. The zero-order valence-corrected chi connectivity index (χ0v) is 15.1. The van der Waals surface area contributed by atoms with Crippen LogP contribution in [-0.2, 0) is 16.1 Å². The molecule has 0 aromatic heterocycles. The molecule has 1 unspecified atom stereocenters. The van der Waals surface area contributed by atoms with E-state index in [1.165, 1.54) is 6.07 Å². The first-order valence-corrected chi connectivity index (χ1v) is 9.05. The number of carbonyl (C=O) groups excluding carboxylic acids is 2. The van der Waals surface area contributed by atoms with Gasteiger partial charge in [-0.3, -0.25) is 14.5 Å². The second-order valence-electron chi connectivity index (χ2n) is 6.59. The van der Waals surface area contributed by atoms with Crippen molar-refractivity contribution in [2.45, 2.75) is 45.7 Å². The molecule has 0 saturated carbocycles. The lowest BCUT2D eigenvalue weighted by atomic mass is 9.95. The number of piperidine rings is 1. The number of hydrogen-bond acceptors (Lipinski definition) is 3. The van der Waals surface area contributed by atoms with Gasteiger partial charge in [0.25, 0.3) is 0 Å². The van der Waals surface area contributed by atoms with Gasteiger partial charge in [-0.15, -0.1) is 0 Å². The summed E-state index contributed by atoms with van der Waals surface area (Å²) in [7, 11) is 0. The second-order valence-corrected chi connectivity index (χ2v) is 6.59. The van der Waals surface area contributed by atoms with Gasteiger partial charge >= 0.3 is 0 Å². The van der Waals surface area contributed by atoms with Gasteiger partial charge in [-0.2, -0.15) is 0 Å². The fourth-order valence-electron chi connectivity index (χ4n) is 3.08. The first-order chi connectivity index (χ1) is 12.0. The molecular formula is C19H28FN3O2. The number of hydrogen-bond donors (Lipinski definition) is 2. The Morgan fingerprint density at radius 2 is 1.92 bits per heavy atom. The van der Waals surface area contributed by atoms with Gasteiger partial charge in [0.15, 0.2) is 0 Å². The Morgan fingerprint density at radius 3 is 2.56 bits per heavy atom. The standard InChI is InChI=1S/C19H28FN3O2/c1-3-10-21-19(25)15-8-11-23(12-9-15)14(2)18(24)22-13-16-6-4-5-7-17(16)20/h4-7,14-15H,3,8-13H2,1-2H3,(H,21,25)(H,22,24). The number of carbonyl (C=O) groups is 2. The highest BCUT2D eigenvalue weighted by molar-refractivity contribution is 5.81. The van der Waals surface area contributed by atoms with Crippen LogP contribution < -0.4 is 10.6 Å². The summed E-state index contributed by atoms with van der Waals surface area (Å²) in [5, 5.41) is 5.74. The number of likely N-dealkylation sites (tertiary alicyclic amines) is 1. The van der Waals surface area contributed by atoms with Crippen LogP contribution in [0.2, 0.25) is 0 Å². The Balaban J connectivity index is 1.77. The number of rotatable bonds is 7. The second kappa shape index (κ2) is 9.51. The Bertz CT molecular complexity index is 586. The topological polar surface area (TPSA) is 61.4 Å². The number of halogens is 1. The Kier molecular flexibility index (Phi) is 7.37. The van der Waals surface area contributed by atoms with E-state index in [1.807, 2.05) is 13.8 Å². The molecule has 6 heteroatoms. The number of benzene rings is 1. The lowest BCUT2D eigenvalue weighted by molar-refractivity contribution is -0.128. The first kappa shape index (κ1) is 19.4. The van der Waals surface area contributed by atoms with Gasteiger partial charge in [-0.1, -0.05) is 25.1 Å². The Hall–Kier alpha value is -1.95. The molecule has 1 atom stereocenters. The molecule has 2 amide bonds. The van der Waals surface area contributed by atoms with E-state index < -0.39 is 0 Å². The van der Waals surface area contributed by atoms with E-state index in [1.54, 1.807) is 18.2 Å². The van der Waals surface area contributed by atoms with Crippen molar-refractivity contribution in [1.82, 2.24) is 15.5 Å². The van der Waals surface area contributed by atoms with Gasteiger partial charge in [-0.25, -0.2) is 4.39 Å². The normalized spacial score (nSPS) is 17.1. The lowest BCUT2D eigenvalue weighted by Gasteiger charge is -2.34. The Labute approximate surface area is 149 Å². The van der Waals surface area contributed by atoms with Gasteiger partial charge in [0.1, 0.15) is 5.82 Å². The van der Waals surface area contributed by atoms with Crippen molar-refractivity contribution in [2.24, 2.45) is 5.92 Å². The summed E-state index contributed by atoms with van der Waals surface area (Å²) < 4.78 is 13.6. The molecule has 0 spiro atoms. The van der Waals surface area contributed by atoms with Gasteiger partial charge in [0.05, 0.1) is 6.04 Å². The molecule has 2 rings (SSSR count). The van der Waals surface area contributed by atoms with E-state index >= 15 is 0 Å². The quantitative estimate of drug-likeness (QED) is 0.792. The molecule has 1 aliphatic rings. The van der Waals surface area contributed by atoms with Crippen LogP contribution in [0.15, 0.2) is 24.3 Å². The summed E-state index contributed by atoms with van der Waals surface area (Å²) in [5.74, 6) is -0.263. The van der Waals surface area contributed by atoms with Crippen LogP contribution in [0.4, 0.5) is 4.39 Å². The van der Waals surface area contributed by atoms with Crippen LogP contribution in [0.1, 0.15) is 38.7 Å². The number of amides is 2. The summed E-state index contributed by atoms with van der Waals surface area (Å²) >= 11 is 0. The fourth-order valence-corrected chi connectivity index (χ4v) is 3.08. The molecule has 1 aliphatic heterocycles. The third kappa shape index (κ3) is 5.53. The molecule has 1 fully saturated rings.